The SMILES string of the molecule is NC(=O)Cc1ncc(Oc2ccnc3ccc(OC4CCNCC4)cc23)cc1F. The molecule has 8 heteroatoms. The highest BCUT2D eigenvalue weighted by atomic mass is 19.1. The lowest BCUT2D eigenvalue weighted by Gasteiger charge is -2.24. The topological polar surface area (TPSA) is 99.4 Å². The highest BCUT2D eigenvalue weighted by Gasteiger charge is 2.16. The van der Waals surface area contributed by atoms with Crippen LogP contribution >= 0.6 is 0 Å². The normalized spacial score (nSPS) is 14.7. The van der Waals surface area contributed by atoms with Gasteiger partial charge in [0.25, 0.3) is 0 Å². The van der Waals surface area contributed by atoms with Crippen molar-refractivity contribution in [1.29, 1.82) is 0 Å². The van der Waals surface area contributed by atoms with Gasteiger partial charge >= 0.3 is 0 Å². The second-order valence-corrected chi connectivity index (χ2v) is 6.90. The molecule has 3 heterocycles. The van der Waals surface area contributed by atoms with Gasteiger partial charge in [-0.15, -0.1) is 0 Å². The number of hydrogen-bond donors (Lipinski definition) is 2. The van der Waals surface area contributed by atoms with Crippen molar-refractivity contribution in [2.75, 3.05) is 13.1 Å². The van der Waals surface area contributed by atoms with Gasteiger partial charge in [0, 0.05) is 17.6 Å². The first-order valence-electron chi connectivity index (χ1n) is 9.45. The smallest absolute Gasteiger partial charge is 0.223 e. The average Bonchev–Trinajstić information content (AvgIpc) is 2.71. The van der Waals surface area contributed by atoms with Crippen molar-refractivity contribution in [1.82, 2.24) is 15.3 Å². The largest absolute Gasteiger partial charge is 0.490 e. The number of primary amides is 1. The third-order valence-electron chi connectivity index (χ3n) is 4.72. The summed E-state index contributed by atoms with van der Waals surface area (Å²) in [5.74, 6) is 0.173. The van der Waals surface area contributed by atoms with E-state index in [1.54, 1.807) is 12.3 Å². The van der Waals surface area contributed by atoms with Gasteiger partial charge in [0.2, 0.25) is 5.91 Å². The summed E-state index contributed by atoms with van der Waals surface area (Å²) in [6.07, 6.45) is 4.81. The molecule has 0 bridgehead atoms. The first-order chi connectivity index (χ1) is 14.1. The standard InChI is InChI=1S/C21H21FN4O3/c22-17-10-15(12-26-19(17)11-21(23)27)29-20-5-8-25-18-2-1-14(9-16(18)20)28-13-3-6-24-7-4-13/h1-2,5,8-10,12-13,24H,3-4,6-7,11H2,(H2,23,27). The molecule has 0 radical (unpaired) electrons. The molecule has 1 aliphatic heterocycles. The molecule has 0 saturated carbocycles. The van der Waals surface area contributed by atoms with E-state index in [1.165, 1.54) is 12.3 Å². The number of halogens is 1. The number of piperidine rings is 1. The molecule has 1 fully saturated rings. The van der Waals surface area contributed by atoms with Crippen LogP contribution in [-0.2, 0) is 11.2 Å². The van der Waals surface area contributed by atoms with Gasteiger partial charge in [-0.05, 0) is 50.2 Å². The quantitative estimate of drug-likeness (QED) is 0.665. The summed E-state index contributed by atoms with van der Waals surface area (Å²) < 4.78 is 26.1. The number of aromatic nitrogens is 2. The Labute approximate surface area is 167 Å². The maximum atomic E-state index is 14.2. The van der Waals surface area contributed by atoms with Gasteiger partial charge in [-0.3, -0.25) is 14.8 Å². The second kappa shape index (κ2) is 8.40. The number of fused-ring (bicyclic) bond motifs is 1. The van der Waals surface area contributed by atoms with Crippen LogP contribution in [0, 0.1) is 5.82 Å². The fourth-order valence-electron chi connectivity index (χ4n) is 3.29. The summed E-state index contributed by atoms with van der Waals surface area (Å²) >= 11 is 0. The van der Waals surface area contributed by atoms with E-state index in [1.807, 2.05) is 18.2 Å². The van der Waals surface area contributed by atoms with Crippen molar-refractivity contribution in [3.63, 3.8) is 0 Å². The van der Waals surface area contributed by atoms with Gasteiger partial charge in [0.1, 0.15) is 29.2 Å². The first-order valence-corrected chi connectivity index (χ1v) is 9.45. The van der Waals surface area contributed by atoms with Crippen molar-refractivity contribution in [3.05, 3.63) is 54.2 Å². The summed E-state index contributed by atoms with van der Waals surface area (Å²) in [5, 5.41) is 4.06. The van der Waals surface area contributed by atoms with Gasteiger partial charge in [0.05, 0.1) is 23.8 Å². The van der Waals surface area contributed by atoms with Crippen LogP contribution in [0.2, 0.25) is 0 Å². The van der Waals surface area contributed by atoms with Crippen molar-refractivity contribution in [3.8, 4) is 17.2 Å². The van der Waals surface area contributed by atoms with Crippen LogP contribution in [0.15, 0.2) is 42.7 Å². The van der Waals surface area contributed by atoms with E-state index in [-0.39, 0.29) is 24.0 Å². The van der Waals surface area contributed by atoms with E-state index < -0.39 is 11.7 Å². The maximum Gasteiger partial charge on any atom is 0.223 e. The Morgan fingerprint density at radius 2 is 2.00 bits per heavy atom. The molecule has 1 amide bonds. The molecule has 3 aromatic rings. The fourth-order valence-corrected chi connectivity index (χ4v) is 3.29. The van der Waals surface area contributed by atoms with Crippen molar-refractivity contribution < 1.29 is 18.7 Å². The van der Waals surface area contributed by atoms with Crippen LogP contribution < -0.4 is 20.5 Å². The molecule has 1 aromatic carbocycles. The van der Waals surface area contributed by atoms with Crippen LogP contribution in [0.5, 0.6) is 17.2 Å². The van der Waals surface area contributed by atoms with Gasteiger partial charge in [-0.1, -0.05) is 0 Å². The minimum Gasteiger partial charge on any atom is -0.490 e. The Kier molecular flexibility index (Phi) is 5.53. The molecule has 4 rings (SSSR count). The van der Waals surface area contributed by atoms with Crippen LogP contribution in [0.3, 0.4) is 0 Å². The average molecular weight is 396 g/mol. The number of nitrogens with one attached hydrogen (secondary N) is 1. The number of amides is 1. The van der Waals surface area contributed by atoms with Gasteiger partial charge in [0.15, 0.2) is 0 Å². The Bertz CT molecular complexity index is 1040. The molecule has 0 aliphatic carbocycles. The lowest BCUT2D eigenvalue weighted by molar-refractivity contribution is -0.117. The zero-order valence-electron chi connectivity index (χ0n) is 15.7. The summed E-state index contributed by atoms with van der Waals surface area (Å²) in [4.78, 5) is 19.3. The number of rotatable bonds is 6. The first kappa shape index (κ1) is 19.1. The molecule has 0 unspecified atom stereocenters. The van der Waals surface area contributed by atoms with E-state index in [0.29, 0.717) is 5.75 Å². The molecule has 150 valence electrons. The highest BCUT2D eigenvalue weighted by Crippen LogP contribution is 2.32. The summed E-state index contributed by atoms with van der Waals surface area (Å²) in [7, 11) is 0. The molecule has 1 saturated heterocycles. The van der Waals surface area contributed by atoms with E-state index in [9.17, 15) is 9.18 Å². The molecule has 29 heavy (non-hydrogen) atoms. The van der Waals surface area contributed by atoms with Gasteiger partial charge in [-0.25, -0.2) is 4.39 Å². The maximum absolute atomic E-state index is 14.2. The van der Waals surface area contributed by atoms with Crippen LogP contribution in [0.1, 0.15) is 18.5 Å². The van der Waals surface area contributed by atoms with E-state index >= 15 is 0 Å². The third kappa shape index (κ3) is 4.60. The van der Waals surface area contributed by atoms with E-state index in [2.05, 4.69) is 15.3 Å². The number of carbonyl (C=O) groups excluding carboxylic acids is 1. The number of ether oxygens (including phenoxy) is 2. The number of pyridine rings is 2. The fraction of sp³-hybridized carbons (Fsp3) is 0.286. The van der Waals surface area contributed by atoms with Crippen LogP contribution in [0.4, 0.5) is 4.39 Å². The molecule has 7 nitrogen and oxygen atoms in total. The highest BCUT2D eigenvalue weighted by molar-refractivity contribution is 5.86. The minimum absolute atomic E-state index is 0.0119. The molecule has 0 spiro atoms. The number of hydrogen-bond acceptors (Lipinski definition) is 6. The Hall–Kier alpha value is -3.26. The molecule has 1 aliphatic rings. The summed E-state index contributed by atoms with van der Waals surface area (Å²) in [6, 6.07) is 8.53. The minimum atomic E-state index is -0.647. The van der Waals surface area contributed by atoms with Gasteiger partial charge < -0.3 is 20.5 Å². The lowest BCUT2D eigenvalue weighted by atomic mass is 10.1. The predicted octanol–water partition coefficient (Wildman–Crippen LogP) is 2.72. The number of nitrogens with two attached hydrogens (primary N) is 1. The third-order valence-corrected chi connectivity index (χ3v) is 4.72. The van der Waals surface area contributed by atoms with Crippen molar-refractivity contribution in [2.24, 2.45) is 5.73 Å². The van der Waals surface area contributed by atoms with Crippen LogP contribution in [-0.4, -0.2) is 35.1 Å². The zero-order valence-corrected chi connectivity index (χ0v) is 15.7. The van der Waals surface area contributed by atoms with Crippen LogP contribution in [0.25, 0.3) is 10.9 Å². The Balaban J connectivity index is 1.58. The Morgan fingerprint density at radius 1 is 1.17 bits per heavy atom. The van der Waals surface area contributed by atoms with Gasteiger partial charge in [-0.2, -0.15) is 0 Å². The zero-order chi connectivity index (χ0) is 20.2. The molecule has 3 N–H and O–H groups in total. The van der Waals surface area contributed by atoms with Crippen molar-refractivity contribution >= 4 is 16.8 Å². The summed E-state index contributed by atoms with van der Waals surface area (Å²) in [5.41, 5.74) is 5.82. The van der Waals surface area contributed by atoms with Crippen molar-refractivity contribution in [2.45, 2.75) is 25.4 Å². The predicted molar refractivity (Wildman–Crippen MR) is 105 cm³/mol. The molecular formula is C21H21FN4O3. The molecule has 2 aromatic heterocycles. The number of carbonyl (C=O) groups is 1. The Morgan fingerprint density at radius 3 is 2.76 bits per heavy atom. The summed E-state index contributed by atoms with van der Waals surface area (Å²) in [6.45, 7) is 1.89. The lowest BCUT2D eigenvalue weighted by Crippen LogP contribution is -2.34. The van der Waals surface area contributed by atoms with E-state index in [4.69, 9.17) is 15.2 Å². The second-order valence-electron chi connectivity index (χ2n) is 6.90. The monoisotopic (exact) mass is 396 g/mol. The molecular weight excluding hydrogens is 375 g/mol. The number of benzene rings is 1. The number of nitrogens with zero attached hydrogens (tertiary/aromatic N) is 2. The molecule has 0 atom stereocenters. The van der Waals surface area contributed by atoms with E-state index in [0.717, 1.165) is 42.6 Å².